The maximum absolute atomic E-state index is 12.3. The minimum Gasteiger partial charge on any atom is -0.463 e. The molecule has 0 saturated carbocycles. The molecule has 0 fully saturated rings. The summed E-state index contributed by atoms with van der Waals surface area (Å²) in [5.41, 5.74) is -1.03. The van der Waals surface area contributed by atoms with Crippen molar-refractivity contribution in [3.05, 3.63) is 0 Å². The number of Topliss-reactive ketones (excluding diaryl/α,β-unsaturated/α-hetero) is 1. The third-order valence-electron chi connectivity index (χ3n) is 3.53. The Bertz CT molecular complexity index is 417. The Morgan fingerprint density at radius 1 is 1.04 bits per heavy atom. The second-order valence-corrected chi connectivity index (χ2v) is 6.21. The zero-order chi connectivity index (χ0) is 18.8. The van der Waals surface area contributed by atoms with E-state index in [0.717, 1.165) is 0 Å². The quantitative estimate of drug-likeness (QED) is 0.423. The summed E-state index contributed by atoms with van der Waals surface area (Å²) in [6, 6.07) is 0. The molecule has 0 aromatic carbocycles. The molecule has 0 aliphatic carbocycles. The highest BCUT2D eigenvalue weighted by atomic mass is 16.6. The molecule has 0 amide bonds. The van der Waals surface area contributed by atoms with Crippen LogP contribution >= 0.6 is 0 Å². The Labute approximate surface area is 143 Å². The van der Waals surface area contributed by atoms with E-state index >= 15 is 0 Å². The second kappa shape index (κ2) is 11.1. The van der Waals surface area contributed by atoms with Crippen molar-refractivity contribution in [2.45, 2.75) is 65.6 Å². The lowest BCUT2D eigenvalue weighted by atomic mass is 9.94. The maximum atomic E-state index is 12.3. The molecule has 7 heteroatoms. The lowest BCUT2D eigenvalue weighted by Crippen LogP contribution is -2.39. The van der Waals surface area contributed by atoms with Gasteiger partial charge in [-0.15, -0.1) is 0 Å². The number of aliphatic hydroxyl groups is 1. The number of hydrogen-bond acceptors (Lipinski definition) is 7. The highest BCUT2D eigenvalue weighted by molar-refractivity contribution is 5.89. The van der Waals surface area contributed by atoms with Gasteiger partial charge in [-0.1, -0.05) is 20.8 Å². The Hall–Kier alpha value is -1.47. The van der Waals surface area contributed by atoms with Crippen LogP contribution in [0.25, 0.3) is 0 Å². The standard InChI is InChI=1S/C17H30O7/c1-6-17(5,24-10-9-22-16(21)12(2)3)14(19)7-8-15(20)23-11-13(4)18/h12-13,18H,6-11H2,1-5H3. The first-order valence-corrected chi connectivity index (χ1v) is 8.30. The van der Waals surface area contributed by atoms with Gasteiger partial charge in [0.2, 0.25) is 0 Å². The van der Waals surface area contributed by atoms with Crippen molar-refractivity contribution in [3.8, 4) is 0 Å². The molecule has 2 unspecified atom stereocenters. The molecule has 7 nitrogen and oxygen atoms in total. The monoisotopic (exact) mass is 346 g/mol. The fourth-order valence-corrected chi connectivity index (χ4v) is 1.72. The first kappa shape index (κ1) is 22.5. The van der Waals surface area contributed by atoms with E-state index < -0.39 is 17.7 Å². The predicted octanol–water partition coefficient (Wildman–Crippen LogP) is 1.64. The number of esters is 2. The predicted molar refractivity (Wildman–Crippen MR) is 87.3 cm³/mol. The summed E-state index contributed by atoms with van der Waals surface area (Å²) < 4.78 is 15.4. The zero-order valence-electron chi connectivity index (χ0n) is 15.3. The largest absolute Gasteiger partial charge is 0.463 e. The highest BCUT2D eigenvalue weighted by Crippen LogP contribution is 2.19. The highest BCUT2D eigenvalue weighted by Gasteiger charge is 2.32. The van der Waals surface area contributed by atoms with Crippen LogP contribution < -0.4 is 0 Å². The van der Waals surface area contributed by atoms with Crippen molar-refractivity contribution >= 4 is 17.7 Å². The Morgan fingerprint density at radius 3 is 2.17 bits per heavy atom. The van der Waals surface area contributed by atoms with Gasteiger partial charge in [-0.25, -0.2) is 0 Å². The normalized spacial score (nSPS) is 14.8. The molecule has 0 bridgehead atoms. The third kappa shape index (κ3) is 8.98. The number of ether oxygens (including phenoxy) is 3. The summed E-state index contributed by atoms with van der Waals surface area (Å²) in [5.74, 6) is -1.27. The van der Waals surface area contributed by atoms with Gasteiger partial charge in [0.1, 0.15) is 18.8 Å². The number of hydrogen-bond donors (Lipinski definition) is 1. The van der Waals surface area contributed by atoms with E-state index in [2.05, 4.69) is 0 Å². The summed E-state index contributed by atoms with van der Waals surface area (Å²) in [7, 11) is 0. The Balaban J connectivity index is 4.24. The average Bonchev–Trinajstić information content (AvgIpc) is 2.53. The van der Waals surface area contributed by atoms with Crippen LogP contribution in [0.5, 0.6) is 0 Å². The first-order chi connectivity index (χ1) is 11.1. The molecule has 0 aromatic heterocycles. The maximum Gasteiger partial charge on any atom is 0.308 e. The minimum atomic E-state index is -1.03. The van der Waals surface area contributed by atoms with E-state index in [-0.39, 0.29) is 50.3 Å². The van der Waals surface area contributed by atoms with Crippen LogP contribution in [-0.4, -0.2) is 54.4 Å². The summed E-state index contributed by atoms with van der Waals surface area (Å²) in [6.07, 6.45) is -0.365. The molecule has 0 spiro atoms. The summed E-state index contributed by atoms with van der Waals surface area (Å²) in [5, 5.41) is 9.04. The van der Waals surface area contributed by atoms with Crippen molar-refractivity contribution in [2.75, 3.05) is 19.8 Å². The first-order valence-electron chi connectivity index (χ1n) is 8.30. The second-order valence-electron chi connectivity index (χ2n) is 6.21. The molecule has 0 saturated heterocycles. The van der Waals surface area contributed by atoms with Crippen LogP contribution in [0.2, 0.25) is 0 Å². The van der Waals surface area contributed by atoms with E-state index in [1.807, 2.05) is 6.92 Å². The van der Waals surface area contributed by atoms with Crippen molar-refractivity contribution in [3.63, 3.8) is 0 Å². The molecule has 1 N–H and O–H groups in total. The van der Waals surface area contributed by atoms with E-state index in [4.69, 9.17) is 19.3 Å². The zero-order valence-corrected chi connectivity index (χ0v) is 15.3. The van der Waals surface area contributed by atoms with Gasteiger partial charge in [0.05, 0.1) is 25.0 Å². The molecule has 0 aliphatic rings. The van der Waals surface area contributed by atoms with E-state index in [9.17, 15) is 14.4 Å². The molecule has 0 heterocycles. The van der Waals surface area contributed by atoms with Gasteiger partial charge in [-0.2, -0.15) is 0 Å². The summed E-state index contributed by atoms with van der Waals surface area (Å²) >= 11 is 0. The summed E-state index contributed by atoms with van der Waals surface area (Å²) in [6.45, 7) is 8.54. The van der Waals surface area contributed by atoms with Crippen LogP contribution in [0.3, 0.4) is 0 Å². The van der Waals surface area contributed by atoms with Crippen LogP contribution in [0, 0.1) is 5.92 Å². The van der Waals surface area contributed by atoms with E-state index in [1.165, 1.54) is 6.92 Å². The van der Waals surface area contributed by atoms with E-state index in [0.29, 0.717) is 6.42 Å². The lowest BCUT2D eigenvalue weighted by molar-refractivity contribution is -0.156. The van der Waals surface area contributed by atoms with Crippen LogP contribution in [0.1, 0.15) is 53.9 Å². The van der Waals surface area contributed by atoms with Gasteiger partial charge in [0.15, 0.2) is 5.78 Å². The van der Waals surface area contributed by atoms with Gasteiger partial charge in [0, 0.05) is 6.42 Å². The molecule has 0 rings (SSSR count). The van der Waals surface area contributed by atoms with Crippen molar-refractivity contribution in [2.24, 2.45) is 5.92 Å². The number of ketones is 1. The summed E-state index contributed by atoms with van der Waals surface area (Å²) in [4.78, 5) is 35.1. The van der Waals surface area contributed by atoms with Crippen molar-refractivity contribution in [1.29, 1.82) is 0 Å². The van der Waals surface area contributed by atoms with Crippen molar-refractivity contribution in [1.82, 2.24) is 0 Å². The number of rotatable bonds is 12. The fourth-order valence-electron chi connectivity index (χ4n) is 1.72. The molecule has 2 atom stereocenters. The SMILES string of the molecule is CCC(C)(OCCOC(=O)C(C)C)C(=O)CCC(=O)OCC(C)O. The van der Waals surface area contributed by atoms with Gasteiger partial charge in [0.25, 0.3) is 0 Å². The number of carbonyl (C=O) groups excluding carboxylic acids is 3. The average molecular weight is 346 g/mol. The third-order valence-corrected chi connectivity index (χ3v) is 3.53. The minimum absolute atomic E-state index is 0.00519. The molecule has 140 valence electrons. The number of carbonyl (C=O) groups is 3. The Morgan fingerprint density at radius 2 is 1.67 bits per heavy atom. The fraction of sp³-hybridized carbons (Fsp3) is 0.824. The topological polar surface area (TPSA) is 99.1 Å². The molecule has 24 heavy (non-hydrogen) atoms. The van der Waals surface area contributed by atoms with Crippen LogP contribution in [-0.2, 0) is 28.6 Å². The molecule has 0 aromatic rings. The number of aliphatic hydroxyl groups excluding tert-OH is 1. The molecular weight excluding hydrogens is 316 g/mol. The molecule has 0 radical (unpaired) electrons. The van der Waals surface area contributed by atoms with Gasteiger partial charge in [-0.3, -0.25) is 14.4 Å². The van der Waals surface area contributed by atoms with Gasteiger partial charge < -0.3 is 19.3 Å². The van der Waals surface area contributed by atoms with Crippen molar-refractivity contribution < 1.29 is 33.7 Å². The lowest BCUT2D eigenvalue weighted by Gasteiger charge is -2.27. The van der Waals surface area contributed by atoms with Gasteiger partial charge >= 0.3 is 11.9 Å². The van der Waals surface area contributed by atoms with Crippen LogP contribution in [0.4, 0.5) is 0 Å². The van der Waals surface area contributed by atoms with Gasteiger partial charge in [-0.05, 0) is 20.3 Å². The molecular formula is C17H30O7. The molecule has 0 aliphatic heterocycles. The smallest absolute Gasteiger partial charge is 0.308 e. The van der Waals surface area contributed by atoms with E-state index in [1.54, 1.807) is 20.8 Å². The Kier molecular flexibility index (Phi) is 10.5. The van der Waals surface area contributed by atoms with Crippen LogP contribution in [0.15, 0.2) is 0 Å².